The maximum absolute atomic E-state index is 13.5. The summed E-state index contributed by atoms with van der Waals surface area (Å²) in [6.07, 6.45) is 5.42. The predicted octanol–water partition coefficient (Wildman–Crippen LogP) is 6.32. The molecule has 2 aromatic carbocycles. The van der Waals surface area contributed by atoms with Gasteiger partial charge in [0.2, 0.25) is 5.95 Å². The van der Waals surface area contributed by atoms with E-state index in [2.05, 4.69) is 54.1 Å². The first-order valence-electron chi connectivity index (χ1n) is 11.8. The number of esters is 1. The lowest BCUT2D eigenvalue weighted by Crippen LogP contribution is -2.31. The molecule has 2 aliphatic rings. The van der Waals surface area contributed by atoms with Gasteiger partial charge in [0, 0.05) is 5.70 Å². The van der Waals surface area contributed by atoms with Crippen molar-refractivity contribution in [2.24, 2.45) is 0 Å². The molecule has 1 aliphatic heterocycles. The van der Waals surface area contributed by atoms with E-state index >= 15 is 0 Å². The van der Waals surface area contributed by atoms with Gasteiger partial charge in [0.15, 0.2) is 0 Å². The lowest BCUT2D eigenvalue weighted by atomic mass is 9.92. The van der Waals surface area contributed by atoms with Crippen LogP contribution in [0.15, 0.2) is 59.8 Å². The van der Waals surface area contributed by atoms with Crippen LogP contribution in [-0.4, -0.2) is 21.6 Å². The van der Waals surface area contributed by atoms with E-state index in [-0.39, 0.29) is 18.1 Å². The van der Waals surface area contributed by atoms with Crippen LogP contribution < -0.4 is 5.32 Å². The number of aromatic nitrogens is 2. The third-order valence-electron chi connectivity index (χ3n) is 6.80. The molecule has 2 heterocycles. The Balaban J connectivity index is 1.61. The van der Waals surface area contributed by atoms with Gasteiger partial charge in [-0.2, -0.15) is 0 Å². The number of fused-ring (bicyclic) bond motifs is 3. The summed E-state index contributed by atoms with van der Waals surface area (Å²) in [6.45, 7) is 6.34. The van der Waals surface area contributed by atoms with Crippen LogP contribution in [0.4, 0.5) is 5.95 Å². The van der Waals surface area contributed by atoms with Crippen molar-refractivity contribution in [2.45, 2.75) is 70.9 Å². The van der Waals surface area contributed by atoms with Crippen molar-refractivity contribution in [3.05, 3.63) is 70.9 Å². The van der Waals surface area contributed by atoms with Crippen molar-refractivity contribution >= 4 is 23.0 Å². The maximum Gasteiger partial charge on any atom is 0.338 e. The van der Waals surface area contributed by atoms with E-state index < -0.39 is 0 Å². The minimum atomic E-state index is -0.282. The first-order chi connectivity index (χ1) is 15.5. The molecule has 1 fully saturated rings. The number of nitrogens with zero attached hydrogens (tertiary/aromatic N) is 2. The fourth-order valence-electron chi connectivity index (χ4n) is 5.00. The molecule has 0 spiro atoms. The van der Waals surface area contributed by atoms with Crippen molar-refractivity contribution in [3.8, 4) is 0 Å². The molecule has 0 unspecified atom stereocenters. The Morgan fingerprint density at radius 3 is 2.50 bits per heavy atom. The van der Waals surface area contributed by atoms with Crippen LogP contribution >= 0.6 is 0 Å². The number of ether oxygens (including phenoxy) is 1. The number of carbonyl (C=O) groups is 1. The molecule has 0 bridgehead atoms. The number of hydrogen-bond acceptors (Lipinski definition) is 4. The standard InChI is InChI=1S/C27H31N3O2/c1-17(2)19-13-15-20(16-14-19)25-24(26(31)32-21-9-5-4-6-10-21)18(3)28-27-29-22-11-7-8-12-23(22)30(25)27/h7-8,11-17,21,25H,4-6,9-10H2,1-3H3,(H,28,29)/t25-/m0/s1. The van der Waals surface area contributed by atoms with E-state index in [1.54, 1.807) is 0 Å². The average Bonchev–Trinajstić information content (AvgIpc) is 3.16. The molecule has 1 atom stereocenters. The van der Waals surface area contributed by atoms with Crippen LogP contribution in [0.1, 0.15) is 76.0 Å². The minimum absolute atomic E-state index is 0.0152. The van der Waals surface area contributed by atoms with Gasteiger partial charge in [-0.15, -0.1) is 0 Å². The summed E-state index contributed by atoms with van der Waals surface area (Å²) in [6, 6.07) is 16.4. The second-order valence-corrected chi connectivity index (χ2v) is 9.35. The van der Waals surface area contributed by atoms with E-state index in [0.717, 1.165) is 53.9 Å². The second kappa shape index (κ2) is 8.45. The number of anilines is 1. The number of hydrogen-bond donors (Lipinski definition) is 1. The zero-order valence-corrected chi connectivity index (χ0v) is 19.1. The van der Waals surface area contributed by atoms with Gasteiger partial charge in [-0.3, -0.25) is 4.57 Å². The van der Waals surface area contributed by atoms with Crippen molar-refractivity contribution < 1.29 is 9.53 Å². The largest absolute Gasteiger partial charge is 0.459 e. The summed E-state index contributed by atoms with van der Waals surface area (Å²) in [5.74, 6) is 0.994. The Bertz CT molecular complexity index is 1170. The number of para-hydroxylation sites is 2. The Hall–Kier alpha value is -3.08. The monoisotopic (exact) mass is 429 g/mol. The summed E-state index contributed by atoms with van der Waals surface area (Å²) in [5, 5.41) is 3.38. The zero-order valence-electron chi connectivity index (χ0n) is 19.1. The molecule has 0 amide bonds. The van der Waals surface area contributed by atoms with Crippen LogP contribution in [-0.2, 0) is 9.53 Å². The van der Waals surface area contributed by atoms with E-state index in [4.69, 9.17) is 9.72 Å². The number of rotatable bonds is 4. The van der Waals surface area contributed by atoms with Gasteiger partial charge in [0.25, 0.3) is 0 Å². The molecule has 3 aromatic rings. The Labute approximate surface area is 189 Å². The highest BCUT2D eigenvalue weighted by Crippen LogP contribution is 2.40. The molecule has 1 aliphatic carbocycles. The van der Waals surface area contributed by atoms with Gasteiger partial charge in [-0.05, 0) is 61.8 Å². The highest BCUT2D eigenvalue weighted by Gasteiger charge is 2.36. The van der Waals surface area contributed by atoms with E-state index in [1.807, 2.05) is 25.1 Å². The molecular weight excluding hydrogens is 398 g/mol. The third kappa shape index (κ3) is 3.70. The predicted molar refractivity (Wildman–Crippen MR) is 128 cm³/mol. The molecule has 166 valence electrons. The number of carbonyl (C=O) groups excluding carboxylic acids is 1. The number of imidazole rings is 1. The van der Waals surface area contributed by atoms with Gasteiger partial charge in [-0.1, -0.05) is 56.7 Å². The second-order valence-electron chi connectivity index (χ2n) is 9.35. The van der Waals surface area contributed by atoms with E-state index in [1.165, 1.54) is 12.0 Å². The first kappa shape index (κ1) is 20.8. The number of allylic oxidation sites excluding steroid dienone is 1. The van der Waals surface area contributed by atoms with Gasteiger partial charge in [0.1, 0.15) is 6.10 Å². The number of nitrogens with one attached hydrogen (secondary N) is 1. The van der Waals surface area contributed by atoms with Crippen molar-refractivity contribution in [2.75, 3.05) is 5.32 Å². The van der Waals surface area contributed by atoms with E-state index in [9.17, 15) is 4.79 Å². The topological polar surface area (TPSA) is 56.2 Å². The summed E-state index contributed by atoms with van der Waals surface area (Å²) in [4.78, 5) is 18.3. The van der Waals surface area contributed by atoms with Crippen LogP contribution in [0.25, 0.3) is 11.0 Å². The highest BCUT2D eigenvalue weighted by atomic mass is 16.5. The van der Waals surface area contributed by atoms with E-state index in [0.29, 0.717) is 11.5 Å². The van der Waals surface area contributed by atoms with Gasteiger partial charge < -0.3 is 10.1 Å². The molecule has 32 heavy (non-hydrogen) atoms. The van der Waals surface area contributed by atoms with Crippen LogP contribution in [0, 0.1) is 0 Å². The van der Waals surface area contributed by atoms with Crippen molar-refractivity contribution in [1.29, 1.82) is 0 Å². The van der Waals surface area contributed by atoms with Crippen LogP contribution in [0.2, 0.25) is 0 Å². The average molecular weight is 430 g/mol. The molecular formula is C27H31N3O2. The summed E-state index contributed by atoms with van der Waals surface area (Å²) < 4.78 is 8.19. The van der Waals surface area contributed by atoms with Gasteiger partial charge >= 0.3 is 5.97 Å². The molecule has 0 saturated heterocycles. The van der Waals surface area contributed by atoms with Crippen molar-refractivity contribution in [3.63, 3.8) is 0 Å². The molecule has 5 nitrogen and oxygen atoms in total. The summed E-state index contributed by atoms with van der Waals surface area (Å²) in [5.41, 5.74) is 5.74. The lowest BCUT2D eigenvalue weighted by molar-refractivity contribution is -0.146. The fraction of sp³-hybridized carbons (Fsp3) is 0.407. The lowest BCUT2D eigenvalue weighted by Gasteiger charge is -2.32. The quantitative estimate of drug-likeness (QED) is 0.493. The smallest absolute Gasteiger partial charge is 0.338 e. The van der Waals surface area contributed by atoms with Gasteiger partial charge in [0.05, 0.1) is 22.6 Å². The molecule has 1 N–H and O–H groups in total. The summed E-state index contributed by atoms with van der Waals surface area (Å²) >= 11 is 0. The highest BCUT2D eigenvalue weighted by molar-refractivity contribution is 5.94. The fourth-order valence-corrected chi connectivity index (χ4v) is 5.00. The van der Waals surface area contributed by atoms with Crippen molar-refractivity contribution in [1.82, 2.24) is 9.55 Å². The SMILES string of the molecule is CC1=C(C(=O)OC2CCCCC2)[C@H](c2ccc(C(C)C)cc2)n2c(nc3ccccc32)N1. The minimum Gasteiger partial charge on any atom is -0.459 e. The molecule has 5 heteroatoms. The molecule has 1 saturated carbocycles. The molecule has 5 rings (SSSR count). The molecule has 1 aromatic heterocycles. The van der Waals surface area contributed by atoms with Gasteiger partial charge in [-0.25, -0.2) is 9.78 Å². The third-order valence-corrected chi connectivity index (χ3v) is 6.80. The van der Waals surface area contributed by atoms with Crippen LogP contribution in [0.5, 0.6) is 0 Å². The maximum atomic E-state index is 13.5. The molecule has 0 radical (unpaired) electrons. The Morgan fingerprint density at radius 1 is 1.06 bits per heavy atom. The summed E-state index contributed by atoms with van der Waals surface area (Å²) in [7, 11) is 0. The van der Waals surface area contributed by atoms with Crippen LogP contribution in [0.3, 0.4) is 0 Å². The zero-order chi connectivity index (χ0) is 22.2. The Kier molecular flexibility index (Phi) is 5.50. The normalized spacial score (nSPS) is 19.2. The Morgan fingerprint density at radius 2 is 1.78 bits per heavy atom. The number of benzene rings is 2. The first-order valence-corrected chi connectivity index (χ1v) is 11.8.